The summed E-state index contributed by atoms with van der Waals surface area (Å²) in [5.41, 5.74) is 0.289. The quantitative estimate of drug-likeness (QED) is 0.585. The van der Waals surface area contributed by atoms with Crippen LogP contribution >= 0.6 is 0 Å². The Kier molecular flexibility index (Phi) is 5.51. The minimum Gasteiger partial charge on any atom is -0.497 e. The second kappa shape index (κ2) is 8.27. The van der Waals surface area contributed by atoms with Gasteiger partial charge in [0, 0.05) is 25.4 Å². The zero-order valence-electron chi connectivity index (χ0n) is 17.6. The molecule has 0 saturated carbocycles. The molecule has 9 nitrogen and oxygen atoms in total. The molecule has 3 aromatic rings. The number of nitrogens with zero attached hydrogens (tertiary/aromatic N) is 3. The molecule has 2 aromatic heterocycles. The fraction of sp³-hybridized carbons (Fsp3) is 0.318. The lowest BCUT2D eigenvalue weighted by Crippen LogP contribution is -2.64. The van der Waals surface area contributed by atoms with Crippen molar-refractivity contribution >= 4 is 17.5 Å². The molecule has 0 fully saturated rings. The number of rotatable bonds is 7. The zero-order valence-corrected chi connectivity index (χ0v) is 17.6. The number of amides is 2. The molecular weight excluding hydrogens is 400 g/mol. The first-order valence-electron chi connectivity index (χ1n) is 9.85. The molecule has 1 atom stereocenters. The Labute approximate surface area is 179 Å². The second-order valence-electron chi connectivity index (χ2n) is 7.41. The minimum absolute atomic E-state index is 0.180. The predicted molar refractivity (Wildman–Crippen MR) is 113 cm³/mol. The smallest absolute Gasteiger partial charge is 0.277 e. The van der Waals surface area contributed by atoms with Crippen molar-refractivity contribution in [3.8, 4) is 17.2 Å². The average molecular weight is 424 g/mol. The molecule has 3 heterocycles. The summed E-state index contributed by atoms with van der Waals surface area (Å²) in [7, 11) is 3.14. The first kappa shape index (κ1) is 20.7. The van der Waals surface area contributed by atoms with Gasteiger partial charge in [-0.3, -0.25) is 19.2 Å². The number of carbonyl (C=O) groups excluding carboxylic acids is 2. The number of aromatic nitrogens is 2. The molecule has 2 amide bonds. The van der Waals surface area contributed by atoms with E-state index < -0.39 is 5.54 Å². The molecule has 0 radical (unpaired) electrons. The van der Waals surface area contributed by atoms with Gasteiger partial charge in [0.2, 0.25) is 5.91 Å². The van der Waals surface area contributed by atoms with E-state index in [1.807, 2.05) is 0 Å². The Morgan fingerprint density at radius 3 is 2.68 bits per heavy atom. The molecule has 0 unspecified atom stereocenters. The van der Waals surface area contributed by atoms with Crippen molar-refractivity contribution in [1.82, 2.24) is 15.1 Å². The lowest BCUT2D eigenvalue weighted by atomic mass is 9.94. The number of fused-ring (bicyclic) bond motifs is 1. The topological polar surface area (TPSA) is 98.8 Å². The van der Waals surface area contributed by atoms with Crippen LogP contribution in [0, 0.1) is 0 Å². The van der Waals surface area contributed by atoms with Crippen LogP contribution < -0.4 is 15.0 Å². The number of carbonyl (C=O) groups is 2. The molecule has 0 spiro atoms. The number of anilines is 1. The largest absolute Gasteiger partial charge is 0.497 e. The van der Waals surface area contributed by atoms with Crippen molar-refractivity contribution in [2.75, 3.05) is 32.3 Å². The lowest BCUT2D eigenvalue weighted by Gasteiger charge is -2.43. The van der Waals surface area contributed by atoms with Crippen molar-refractivity contribution in [1.29, 1.82) is 0 Å². The van der Waals surface area contributed by atoms with Crippen molar-refractivity contribution in [3.05, 3.63) is 54.4 Å². The lowest BCUT2D eigenvalue weighted by molar-refractivity contribution is -0.126. The number of ether oxygens (including phenoxy) is 2. The molecule has 1 aromatic carbocycles. The van der Waals surface area contributed by atoms with Gasteiger partial charge >= 0.3 is 0 Å². The third kappa shape index (κ3) is 3.68. The predicted octanol–water partition coefficient (Wildman–Crippen LogP) is 2.33. The average Bonchev–Trinajstić information content (AvgIpc) is 3.44. The first-order valence-corrected chi connectivity index (χ1v) is 9.85. The highest BCUT2D eigenvalue weighted by atomic mass is 16.5. The fourth-order valence-corrected chi connectivity index (χ4v) is 3.72. The van der Waals surface area contributed by atoms with Crippen molar-refractivity contribution in [3.63, 3.8) is 0 Å². The fourth-order valence-electron chi connectivity index (χ4n) is 3.72. The van der Waals surface area contributed by atoms with Gasteiger partial charge < -0.3 is 19.2 Å². The summed E-state index contributed by atoms with van der Waals surface area (Å²) in [6, 6.07) is 12.2. The summed E-state index contributed by atoms with van der Waals surface area (Å²) in [4.78, 5) is 28.4. The Morgan fingerprint density at radius 2 is 2.03 bits per heavy atom. The molecule has 1 aliphatic heterocycles. The number of hydrogen-bond acceptors (Lipinski definition) is 6. The van der Waals surface area contributed by atoms with Gasteiger partial charge in [-0.25, -0.2) is 0 Å². The Bertz CT molecular complexity index is 1070. The van der Waals surface area contributed by atoms with Gasteiger partial charge in [-0.1, -0.05) is 0 Å². The molecule has 0 saturated heterocycles. The van der Waals surface area contributed by atoms with Crippen molar-refractivity contribution < 1.29 is 23.5 Å². The molecule has 4 rings (SSSR count). The molecule has 1 N–H and O–H groups in total. The summed E-state index contributed by atoms with van der Waals surface area (Å²) >= 11 is 0. The highest BCUT2D eigenvalue weighted by Gasteiger charge is 2.48. The maximum absolute atomic E-state index is 13.6. The maximum atomic E-state index is 13.6. The van der Waals surface area contributed by atoms with Crippen LogP contribution in [0.3, 0.4) is 0 Å². The van der Waals surface area contributed by atoms with Crippen LogP contribution in [0.1, 0.15) is 17.4 Å². The second-order valence-corrected chi connectivity index (χ2v) is 7.41. The maximum Gasteiger partial charge on any atom is 0.277 e. The van der Waals surface area contributed by atoms with E-state index in [1.165, 1.54) is 4.90 Å². The van der Waals surface area contributed by atoms with Crippen LogP contribution in [0.15, 0.2) is 53.1 Å². The molecule has 31 heavy (non-hydrogen) atoms. The highest BCUT2D eigenvalue weighted by molar-refractivity contribution is 6.12. The number of benzene rings is 1. The Morgan fingerprint density at radius 1 is 1.26 bits per heavy atom. The molecule has 162 valence electrons. The monoisotopic (exact) mass is 424 g/mol. The van der Waals surface area contributed by atoms with Gasteiger partial charge in [0.25, 0.3) is 5.91 Å². The van der Waals surface area contributed by atoms with E-state index in [1.54, 1.807) is 74.6 Å². The van der Waals surface area contributed by atoms with E-state index in [-0.39, 0.29) is 18.4 Å². The van der Waals surface area contributed by atoms with Gasteiger partial charge in [0.1, 0.15) is 22.7 Å². The van der Waals surface area contributed by atoms with Crippen LogP contribution in [-0.4, -0.2) is 54.5 Å². The normalized spacial score (nSPS) is 18.0. The van der Waals surface area contributed by atoms with Crippen molar-refractivity contribution in [2.45, 2.75) is 19.0 Å². The molecule has 0 bridgehead atoms. The summed E-state index contributed by atoms with van der Waals surface area (Å²) < 4.78 is 17.3. The van der Waals surface area contributed by atoms with E-state index in [4.69, 9.17) is 13.9 Å². The molecule has 0 aliphatic carbocycles. The Hall–Kier alpha value is -3.59. The van der Waals surface area contributed by atoms with Gasteiger partial charge in [0.15, 0.2) is 5.76 Å². The van der Waals surface area contributed by atoms with Gasteiger partial charge in [-0.2, -0.15) is 5.10 Å². The summed E-state index contributed by atoms with van der Waals surface area (Å²) in [5.74, 6) is 0.585. The van der Waals surface area contributed by atoms with Gasteiger partial charge in [-0.05, 0) is 43.3 Å². The minimum atomic E-state index is -1.21. The van der Waals surface area contributed by atoms with E-state index in [2.05, 4.69) is 10.4 Å². The number of hydrogen-bond donors (Lipinski definition) is 1. The van der Waals surface area contributed by atoms with Crippen LogP contribution in [0.2, 0.25) is 0 Å². The van der Waals surface area contributed by atoms with Crippen molar-refractivity contribution in [2.24, 2.45) is 0 Å². The summed E-state index contributed by atoms with van der Waals surface area (Å²) in [6.07, 6.45) is 1.55. The number of nitrogens with one attached hydrogen (secondary N) is 1. The van der Waals surface area contributed by atoms with E-state index >= 15 is 0 Å². The van der Waals surface area contributed by atoms with E-state index in [0.717, 1.165) is 0 Å². The number of methoxy groups -OCH3 is 2. The highest BCUT2D eigenvalue weighted by Crippen LogP contribution is 2.34. The summed E-state index contributed by atoms with van der Waals surface area (Å²) in [5, 5.41) is 7.38. The Balaban J connectivity index is 1.77. The molecule has 9 heteroatoms. The van der Waals surface area contributed by atoms with Crippen LogP contribution in [0.4, 0.5) is 5.69 Å². The van der Waals surface area contributed by atoms with E-state index in [9.17, 15) is 9.59 Å². The van der Waals surface area contributed by atoms with Crippen LogP contribution in [0.25, 0.3) is 11.5 Å². The van der Waals surface area contributed by atoms with Gasteiger partial charge in [-0.15, -0.1) is 0 Å². The third-order valence-electron chi connectivity index (χ3n) is 5.34. The van der Waals surface area contributed by atoms with E-state index in [0.29, 0.717) is 41.7 Å². The molecule has 1 aliphatic rings. The van der Waals surface area contributed by atoms with Gasteiger partial charge in [0.05, 0.1) is 26.5 Å². The first-order chi connectivity index (χ1) is 15.0. The molecular formula is C22H24N4O5. The standard InChI is InChI=1S/C22H24N4O5/c1-22(21(28)23-10-12-29-2)14-25-18(13-17(24-25)19-5-4-11-31-19)20(27)26(22)15-6-8-16(30-3)9-7-15/h4-9,11,13H,10,12,14H2,1-3H3,(H,23,28)/t22-/m0/s1. The zero-order chi connectivity index (χ0) is 22.0. The van der Waals surface area contributed by atoms with Crippen LogP contribution in [0.5, 0.6) is 5.75 Å². The summed E-state index contributed by atoms with van der Waals surface area (Å²) in [6.45, 7) is 2.61. The SMILES string of the molecule is COCCNC(=O)[C@]1(C)Cn2nc(-c3ccco3)cc2C(=O)N1c1ccc(OC)cc1. The number of furan rings is 1. The van der Waals surface area contributed by atoms with Crippen LogP contribution in [-0.2, 0) is 16.1 Å². The third-order valence-corrected chi connectivity index (χ3v) is 5.34.